The molecule has 2 heterocycles. The summed E-state index contributed by atoms with van der Waals surface area (Å²) in [5.74, 6) is 0. The quantitative estimate of drug-likeness (QED) is 0.760. The van der Waals surface area contributed by atoms with Crippen LogP contribution >= 0.6 is 0 Å². The van der Waals surface area contributed by atoms with Crippen molar-refractivity contribution in [2.75, 3.05) is 13.2 Å². The summed E-state index contributed by atoms with van der Waals surface area (Å²) in [5.41, 5.74) is 0.634. The normalized spacial score (nSPS) is 11.9. The van der Waals surface area contributed by atoms with Gasteiger partial charge in [-0.15, -0.1) is 5.10 Å². The Morgan fingerprint density at radius 3 is 2.76 bits per heavy atom. The van der Waals surface area contributed by atoms with Gasteiger partial charge in [-0.3, -0.25) is 4.40 Å². The van der Waals surface area contributed by atoms with Crippen LogP contribution in [0.2, 0.25) is 0 Å². The summed E-state index contributed by atoms with van der Waals surface area (Å²) in [6, 6.07) is 6.20. The first-order valence-corrected chi connectivity index (χ1v) is 5.63. The van der Waals surface area contributed by atoms with E-state index in [9.17, 15) is 0 Å². The van der Waals surface area contributed by atoms with Crippen LogP contribution in [0.3, 0.4) is 0 Å². The van der Waals surface area contributed by atoms with Gasteiger partial charge in [0.25, 0.3) is 0 Å². The van der Waals surface area contributed by atoms with Crippen molar-refractivity contribution in [2.24, 2.45) is 0 Å². The molecule has 0 atom stereocenters. The Bertz CT molecular complexity index is 488. The van der Waals surface area contributed by atoms with Crippen LogP contribution in [0.5, 0.6) is 6.01 Å². The minimum Gasteiger partial charge on any atom is -0.461 e. The number of ether oxygens (including phenoxy) is 2. The Morgan fingerprint density at radius 1 is 1.18 bits per heavy atom. The largest absolute Gasteiger partial charge is 0.461 e. The summed E-state index contributed by atoms with van der Waals surface area (Å²) in [6.45, 7) is 7.04. The third-order valence-electron chi connectivity index (χ3n) is 2.13. The second-order valence-electron chi connectivity index (χ2n) is 4.72. The molecule has 0 saturated carbocycles. The van der Waals surface area contributed by atoms with Crippen molar-refractivity contribution < 1.29 is 9.47 Å². The van der Waals surface area contributed by atoms with Gasteiger partial charge in [-0.25, -0.2) is 0 Å². The molecule has 0 amide bonds. The fourth-order valence-corrected chi connectivity index (χ4v) is 1.40. The molecule has 0 radical (unpaired) electrons. The predicted molar refractivity (Wildman–Crippen MR) is 64.2 cm³/mol. The van der Waals surface area contributed by atoms with Gasteiger partial charge in [-0.2, -0.15) is 0 Å². The van der Waals surface area contributed by atoms with Gasteiger partial charge in [0.15, 0.2) is 5.65 Å². The summed E-state index contributed by atoms with van der Waals surface area (Å²) >= 11 is 0. The fourth-order valence-electron chi connectivity index (χ4n) is 1.40. The molecule has 0 unspecified atom stereocenters. The first-order chi connectivity index (χ1) is 8.06. The molecule has 17 heavy (non-hydrogen) atoms. The van der Waals surface area contributed by atoms with Crippen LogP contribution in [0, 0.1) is 0 Å². The van der Waals surface area contributed by atoms with Crippen molar-refractivity contribution in [3.63, 3.8) is 0 Å². The van der Waals surface area contributed by atoms with E-state index in [1.807, 2.05) is 45.2 Å². The summed E-state index contributed by atoms with van der Waals surface area (Å²) in [4.78, 5) is 0. The van der Waals surface area contributed by atoms with Gasteiger partial charge < -0.3 is 9.47 Å². The summed E-state index contributed by atoms with van der Waals surface area (Å²) in [6.07, 6.45) is 1.87. The lowest BCUT2D eigenvalue weighted by Gasteiger charge is -2.19. The molecule has 0 spiro atoms. The van der Waals surface area contributed by atoms with Gasteiger partial charge >= 0.3 is 6.01 Å². The molecule has 0 aliphatic heterocycles. The molecule has 0 aromatic carbocycles. The van der Waals surface area contributed by atoms with Gasteiger partial charge in [0, 0.05) is 6.20 Å². The first-order valence-electron chi connectivity index (χ1n) is 5.63. The predicted octanol–water partition coefficient (Wildman–Crippen LogP) is 1.92. The Kier molecular flexibility index (Phi) is 3.28. The van der Waals surface area contributed by atoms with Crippen LogP contribution < -0.4 is 4.74 Å². The zero-order valence-electron chi connectivity index (χ0n) is 10.4. The summed E-state index contributed by atoms with van der Waals surface area (Å²) in [7, 11) is 0. The Labute approximate surface area is 100 Å². The zero-order valence-corrected chi connectivity index (χ0v) is 10.4. The number of aromatic nitrogens is 3. The molecule has 2 rings (SSSR count). The lowest BCUT2D eigenvalue weighted by Crippen LogP contribution is -2.22. The van der Waals surface area contributed by atoms with Crippen LogP contribution in [0.1, 0.15) is 20.8 Å². The third-order valence-corrected chi connectivity index (χ3v) is 2.13. The van der Waals surface area contributed by atoms with Crippen molar-refractivity contribution >= 4 is 5.65 Å². The van der Waals surface area contributed by atoms with Crippen LogP contribution in [0.4, 0.5) is 0 Å². The van der Waals surface area contributed by atoms with Gasteiger partial charge in [0.1, 0.15) is 6.61 Å². The van der Waals surface area contributed by atoms with Gasteiger partial charge in [0.05, 0.1) is 12.2 Å². The Hall–Kier alpha value is -1.62. The topological polar surface area (TPSA) is 48.7 Å². The highest BCUT2D eigenvalue weighted by Crippen LogP contribution is 2.10. The van der Waals surface area contributed by atoms with E-state index in [-0.39, 0.29) is 5.60 Å². The van der Waals surface area contributed by atoms with Gasteiger partial charge in [0.2, 0.25) is 0 Å². The molecule has 0 bridgehead atoms. The smallest absolute Gasteiger partial charge is 0.321 e. The lowest BCUT2D eigenvalue weighted by molar-refractivity contribution is -0.0174. The molecule has 5 nitrogen and oxygen atoms in total. The number of hydrogen-bond donors (Lipinski definition) is 0. The molecule has 0 aliphatic carbocycles. The van der Waals surface area contributed by atoms with Crippen LogP contribution in [-0.2, 0) is 4.74 Å². The Morgan fingerprint density at radius 2 is 2.00 bits per heavy atom. The van der Waals surface area contributed by atoms with Crippen molar-refractivity contribution in [2.45, 2.75) is 26.4 Å². The first kappa shape index (κ1) is 11.9. The zero-order chi connectivity index (χ0) is 12.3. The number of nitrogens with zero attached hydrogens (tertiary/aromatic N) is 3. The summed E-state index contributed by atoms with van der Waals surface area (Å²) < 4.78 is 12.9. The van der Waals surface area contributed by atoms with E-state index >= 15 is 0 Å². The van der Waals surface area contributed by atoms with Crippen molar-refractivity contribution in [3.05, 3.63) is 24.4 Å². The van der Waals surface area contributed by atoms with Crippen molar-refractivity contribution in [3.8, 4) is 6.01 Å². The molecule has 2 aromatic rings. The Balaban J connectivity index is 1.91. The number of fused-ring (bicyclic) bond motifs is 1. The maximum absolute atomic E-state index is 5.56. The van der Waals surface area contributed by atoms with Crippen molar-refractivity contribution in [1.82, 2.24) is 14.6 Å². The second kappa shape index (κ2) is 4.71. The number of hydrogen-bond acceptors (Lipinski definition) is 4. The van der Waals surface area contributed by atoms with Gasteiger partial charge in [-0.1, -0.05) is 11.2 Å². The van der Waals surface area contributed by atoms with E-state index in [0.717, 1.165) is 5.65 Å². The molecular weight excluding hydrogens is 218 g/mol. The molecule has 0 aliphatic rings. The molecule has 0 fully saturated rings. The van der Waals surface area contributed by atoms with E-state index in [1.165, 1.54) is 0 Å². The molecule has 2 aromatic heterocycles. The fraction of sp³-hybridized carbons (Fsp3) is 0.500. The maximum Gasteiger partial charge on any atom is 0.321 e. The average molecular weight is 235 g/mol. The monoisotopic (exact) mass is 235 g/mol. The van der Waals surface area contributed by atoms with E-state index < -0.39 is 0 Å². The minimum absolute atomic E-state index is 0.143. The minimum atomic E-state index is -0.143. The maximum atomic E-state index is 5.56. The highest BCUT2D eigenvalue weighted by atomic mass is 16.5. The molecule has 5 heteroatoms. The van der Waals surface area contributed by atoms with E-state index in [1.54, 1.807) is 4.40 Å². The SMILES string of the molecule is CC(C)(C)OCCOc1nnc2ccccn12. The van der Waals surface area contributed by atoms with E-state index in [4.69, 9.17) is 9.47 Å². The third kappa shape index (κ3) is 3.17. The average Bonchev–Trinajstić information content (AvgIpc) is 2.67. The van der Waals surface area contributed by atoms with Crippen LogP contribution in [0.15, 0.2) is 24.4 Å². The second-order valence-corrected chi connectivity index (χ2v) is 4.72. The van der Waals surface area contributed by atoms with Crippen LogP contribution in [0.25, 0.3) is 5.65 Å². The molecule has 0 saturated heterocycles. The van der Waals surface area contributed by atoms with Crippen molar-refractivity contribution in [1.29, 1.82) is 0 Å². The highest BCUT2D eigenvalue weighted by Gasteiger charge is 2.10. The van der Waals surface area contributed by atoms with Crippen LogP contribution in [-0.4, -0.2) is 33.4 Å². The number of rotatable bonds is 4. The highest BCUT2D eigenvalue weighted by molar-refractivity contribution is 5.38. The lowest BCUT2D eigenvalue weighted by atomic mass is 10.2. The standard InChI is InChI=1S/C12H17N3O2/c1-12(2,3)17-9-8-16-11-14-13-10-6-4-5-7-15(10)11/h4-7H,8-9H2,1-3H3. The summed E-state index contributed by atoms with van der Waals surface area (Å²) in [5, 5.41) is 7.96. The molecular formula is C12H17N3O2. The number of pyridine rings is 1. The molecule has 92 valence electrons. The van der Waals surface area contributed by atoms with E-state index in [2.05, 4.69) is 10.2 Å². The molecule has 0 N–H and O–H groups in total. The van der Waals surface area contributed by atoms with E-state index in [0.29, 0.717) is 19.2 Å². The van der Waals surface area contributed by atoms with Gasteiger partial charge in [-0.05, 0) is 32.9 Å².